The number of thioether (sulfide) groups is 1. The number of thiazole rings is 1. The van der Waals surface area contributed by atoms with E-state index in [2.05, 4.69) is 5.32 Å². The highest BCUT2D eigenvalue weighted by Gasteiger charge is 2.57. The molecule has 3 amide bonds. The molecule has 3 heterocycles. The highest BCUT2D eigenvalue weighted by molar-refractivity contribution is 8.00. The van der Waals surface area contributed by atoms with Crippen LogP contribution in [-0.2, 0) is 31.8 Å². The molecule has 2 aliphatic heterocycles. The predicted octanol–water partition coefficient (Wildman–Crippen LogP) is 5.64. The van der Waals surface area contributed by atoms with Gasteiger partial charge in [0.1, 0.15) is 11.8 Å². The van der Waals surface area contributed by atoms with Crippen molar-refractivity contribution in [3.05, 3.63) is 98.0 Å². The van der Waals surface area contributed by atoms with Gasteiger partial charge in [0.15, 0.2) is 11.5 Å². The molecule has 2 N–H and O–H groups in total. The Bertz CT molecular complexity index is 2060. The molecule has 16 heteroatoms. The normalized spacial score (nSPS) is 18.4. The molecular weight excluding hydrogens is 700 g/mol. The second-order valence-electron chi connectivity index (χ2n) is 11.2. The van der Waals surface area contributed by atoms with Gasteiger partial charge in [-0.1, -0.05) is 35.2 Å². The summed E-state index contributed by atoms with van der Waals surface area (Å²) in [7, 11) is 0. The number of phenols is 1. The fourth-order valence-corrected chi connectivity index (χ4v) is 8.72. The SMILES string of the molecule is CCOC(=O)c1ccc(N2C(=O)[C@@H]3[C@H](c4ccc(O)c(OCC)c4)c4sc(=O)n(CC(=O)Nc5cccc(C(F)(F)F)c5)c4S[C@@H]3C2=O)cc1. The van der Waals surface area contributed by atoms with Gasteiger partial charge in [-0.05, 0) is 74.0 Å². The second kappa shape index (κ2) is 13.7. The Balaban J connectivity index is 1.38. The number of halogens is 3. The van der Waals surface area contributed by atoms with Gasteiger partial charge in [-0.15, -0.1) is 0 Å². The van der Waals surface area contributed by atoms with Crippen molar-refractivity contribution in [2.75, 3.05) is 23.4 Å². The summed E-state index contributed by atoms with van der Waals surface area (Å²) in [6.45, 7) is 3.18. The minimum atomic E-state index is -4.63. The first-order valence-electron chi connectivity index (χ1n) is 15.3. The van der Waals surface area contributed by atoms with Crippen molar-refractivity contribution in [1.29, 1.82) is 0 Å². The van der Waals surface area contributed by atoms with Gasteiger partial charge in [-0.2, -0.15) is 13.2 Å². The fraction of sp³-hybridized carbons (Fsp3) is 0.265. The molecule has 1 fully saturated rings. The summed E-state index contributed by atoms with van der Waals surface area (Å²) >= 11 is 1.73. The summed E-state index contributed by atoms with van der Waals surface area (Å²) in [5.41, 5.74) is -0.188. The number of benzene rings is 3. The van der Waals surface area contributed by atoms with Crippen molar-refractivity contribution in [2.24, 2.45) is 5.92 Å². The number of imide groups is 1. The molecule has 0 bridgehead atoms. The van der Waals surface area contributed by atoms with E-state index in [1.165, 1.54) is 42.5 Å². The number of hydrogen-bond donors (Lipinski definition) is 2. The number of nitrogens with zero attached hydrogens (tertiary/aromatic N) is 2. The van der Waals surface area contributed by atoms with Crippen LogP contribution in [0, 0.1) is 5.92 Å². The number of carbonyl (C=O) groups excluding carboxylic acids is 4. The molecule has 2 aliphatic rings. The average molecular weight is 728 g/mol. The molecule has 260 valence electrons. The average Bonchev–Trinajstić information content (AvgIpc) is 3.52. The van der Waals surface area contributed by atoms with E-state index < -0.39 is 63.9 Å². The molecule has 0 aliphatic carbocycles. The Morgan fingerprint density at radius 2 is 1.70 bits per heavy atom. The number of aromatic nitrogens is 1. The summed E-state index contributed by atoms with van der Waals surface area (Å²) in [5, 5.41) is 12.0. The molecular formula is C34H28F3N3O8S2. The molecule has 0 saturated carbocycles. The molecule has 1 aromatic heterocycles. The van der Waals surface area contributed by atoms with Crippen LogP contribution in [0.4, 0.5) is 24.5 Å². The number of aromatic hydroxyl groups is 1. The lowest BCUT2D eigenvalue weighted by molar-refractivity contribution is -0.137. The van der Waals surface area contributed by atoms with E-state index in [-0.39, 0.29) is 46.7 Å². The lowest BCUT2D eigenvalue weighted by Gasteiger charge is -2.31. The van der Waals surface area contributed by atoms with Crippen LogP contribution in [0.15, 0.2) is 76.6 Å². The number of phenolic OH excluding ortho intramolecular Hbond substituents is 1. The molecule has 1 saturated heterocycles. The minimum absolute atomic E-state index is 0.122. The Morgan fingerprint density at radius 3 is 2.38 bits per heavy atom. The predicted molar refractivity (Wildman–Crippen MR) is 178 cm³/mol. The van der Waals surface area contributed by atoms with E-state index in [4.69, 9.17) is 9.47 Å². The molecule has 0 spiro atoms. The van der Waals surface area contributed by atoms with Crippen LogP contribution in [0.3, 0.4) is 0 Å². The van der Waals surface area contributed by atoms with Crippen LogP contribution >= 0.6 is 23.1 Å². The minimum Gasteiger partial charge on any atom is -0.504 e. The number of carbonyl (C=O) groups is 4. The van der Waals surface area contributed by atoms with Gasteiger partial charge in [0.25, 0.3) is 0 Å². The van der Waals surface area contributed by atoms with E-state index in [0.717, 1.165) is 50.8 Å². The van der Waals surface area contributed by atoms with Gasteiger partial charge in [-0.3, -0.25) is 23.7 Å². The number of nitrogens with one attached hydrogen (secondary N) is 1. The second-order valence-corrected chi connectivity index (χ2v) is 13.4. The molecule has 50 heavy (non-hydrogen) atoms. The van der Waals surface area contributed by atoms with Gasteiger partial charge in [0.2, 0.25) is 17.7 Å². The van der Waals surface area contributed by atoms with Crippen LogP contribution in [0.5, 0.6) is 11.5 Å². The highest BCUT2D eigenvalue weighted by Crippen LogP contribution is 2.54. The van der Waals surface area contributed by atoms with Crippen LogP contribution in [0.25, 0.3) is 0 Å². The quantitative estimate of drug-likeness (QED) is 0.165. The zero-order chi connectivity index (χ0) is 35.9. The van der Waals surface area contributed by atoms with Crippen molar-refractivity contribution in [1.82, 2.24) is 4.57 Å². The Kier molecular flexibility index (Phi) is 9.50. The molecule has 0 radical (unpaired) electrons. The zero-order valence-corrected chi connectivity index (χ0v) is 28.0. The van der Waals surface area contributed by atoms with Crippen LogP contribution in [0.1, 0.15) is 46.1 Å². The summed E-state index contributed by atoms with van der Waals surface area (Å²) in [6.07, 6.45) is -4.63. The van der Waals surface area contributed by atoms with Gasteiger partial charge in [-0.25, -0.2) is 9.69 Å². The van der Waals surface area contributed by atoms with Crippen molar-refractivity contribution >= 4 is 58.2 Å². The Morgan fingerprint density at radius 1 is 0.960 bits per heavy atom. The molecule has 11 nitrogen and oxygen atoms in total. The Hall–Kier alpha value is -5.09. The van der Waals surface area contributed by atoms with Gasteiger partial charge < -0.3 is 19.9 Å². The first-order valence-corrected chi connectivity index (χ1v) is 17.0. The molecule has 6 rings (SSSR count). The largest absolute Gasteiger partial charge is 0.504 e. The van der Waals surface area contributed by atoms with Gasteiger partial charge in [0.05, 0.1) is 41.0 Å². The van der Waals surface area contributed by atoms with Crippen molar-refractivity contribution in [3.63, 3.8) is 0 Å². The van der Waals surface area contributed by atoms with Gasteiger partial charge in [0, 0.05) is 16.5 Å². The molecule has 4 aromatic rings. The van der Waals surface area contributed by atoms with Crippen molar-refractivity contribution in [2.45, 2.75) is 42.8 Å². The first-order chi connectivity index (χ1) is 23.8. The number of fused-ring (bicyclic) bond motifs is 2. The standard InChI is InChI=1S/C34H28F3N3O8S2/c1-3-47-23-14-18(10-13-22(23)41)25-26-27(30(44)40(29(26)43)21-11-8-17(9-12-21)32(45)48-4-2)49-31-28(25)50-33(46)39(31)16-24(42)38-20-7-5-6-19(15-20)34(35,36)37/h5-15,25-27,41H,3-4,16H2,1-2H3,(H,38,42)/t25-,26+,27-/m0/s1. The van der Waals surface area contributed by atoms with Crippen LogP contribution in [-0.4, -0.2) is 51.8 Å². The van der Waals surface area contributed by atoms with E-state index in [1.807, 2.05) is 0 Å². The molecule has 0 unspecified atom stereocenters. The summed E-state index contributed by atoms with van der Waals surface area (Å²) in [4.78, 5) is 67.8. The van der Waals surface area contributed by atoms with E-state index in [9.17, 15) is 42.3 Å². The number of rotatable bonds is 9. The maximum atomic E-state index is 14.2. The number of anilines is 2. The number of alkyl halides is 3. The zero-order valence-electron chi connectivity index (χ0n) is 26.4. The smallest absolute Gasteiger partial charge is 0.416 e. The third kappa shape index (κ3) is 6.47. The van der Waals surface area contributed by atoms with Crippen molar-refractivity contribution < 1.29 is 46.9 Å². The van der Waals surface area contributed by atoms with Crippen LogP contribution in [0.2, 0.25) is 0 Å². The lowest BCUT2D eigenvalue weighted by atomic mass is 9.83. The van der Waals surface area contributed by atoms with Gasteiger partial charge >= 0.3 is 17.0 Å². The monoisotopic (exact) mass is 727 g/mol. The number of amides is 3. The van der Waals surface area contributed by atoms with Crippen LogP contribution < -0.4 is 19.8 Å². The number of esters is 1. The summed E-state index contributed by atoms with van der Waals surface area (Å²) in [5.74, 6) is -4.45. The topological polar surface area (TPSA) is 144 Å². The number of hydrogen-bond acceptors (Lipinski definition) is 10. The maximum absolute atomic E-state index is 14.2. The van der Waals surface area contributed by atoms with E-state index in [0.29, 0.717) is 10.4 Å². The fourth-order valence-electron chi connectivity index (χ4n) is 5.94. The molecule has 3 aromatic carbocycles. The third-order valence-corrected chi connectivity index (χ3v) is 10.7. The maximum Gasteiger partial charge on any atom is 0.416 e. The highest BCUT2D eigenvalue weighted by atomic mass is 32.2. The van der Waals surface area contributed by atoms with E-state index >= 15 is 0 Å². The first kappa shape index (κ1) is 34.8. The summed E-state index contributed by atoms with van der Waals surface area (Å²) < 4.78 is 51.5. The summed E-state index contributed by atoms with van der Waals surface area (Å²) in [6, 6.07) is 14.3. The number of ether oxygens (including phenoxy) is 2. The van der Waals surface area contributed by atoms with Crippen molar-refractivity contribution in [3.8, 4) is 11.5 Å². The third-order valence-electron chi connectivity index (χ3n) is 8.10. The van der Waals surface area contributed by atoms with E-state index in [1.54, 1.807) is 19.9 Å². The lowest BCUT2D eigenvalue weighted by Crippen LogP contribution is -2.33. The Labute approximate surface area is 290 Å². The molecule has 3 atom stereocenters.